The molecular weight excluding hydrogens is 362 g/mol. The first-order chi connectivity index (χ1) is 9.79. The fraction of sp³-hybridized carbons (Fsp3) is 0. The van der Waals surface area contributed by atoms with Crippen LogP contribution in [0.15, 0.2) is 51.8 Å². The van der Waals surface area contributed by atoms with Gasteiger partial charge in [-0.1, -0.05) is 28.1 Å². The molecule has 0 aliphatic carbocycles. The number of hydrogen-bond donors (Lipinski definition) is 2. The Morgan fingerprint density at radius 2 is 1.81 bits per heavy atom. The summed E-state index contributed by atoms with van der Waals surface area (Å²) < 4.78 is 29.0. The zero-order chi connectivity index (χ0) is 15.6. The van der Waals surface area contributed by atoms with E-state index in [9.17, 15) is 13.2 Å². The number of aromatic carboxylic acids is 1. The van der Waals surface area contributed by atoms with Crippen molar-refractivity contribution < 1.29 is 23.1 Å². The first kappa shape index (κ1) is 15.5. The van der Waals surface area contributed by atoms with E-state index in [0.717, 1.165) is 0 Å². The highest BCUT2D eigenvalue weighted by molar-refractivity contribution is 9.10. The maximum absolute atomic E-state index is 11.5. The van der Waals surface area contributed by atoms with Gasteiger partial charge in [0.2, 0.25) is 10.0 Å². The molecule has 3 N–H and O–H groups in total. The average Bonchev–Trinajstić information content (AvgIpc) is 2.40. The van der Waals surface area contributed by atoms with Crippen molar-refractivity contribution in [1.82, 2.24) is 0 Å². The molecule has 0 atom stereocenters. The Morgan fingerprint density at radius 3 is 2.43 bits per heavy atom. The highest BCUT2D eigenvalue weighted by atomic mass is 79.9. The lowest BCUT2D eigenvalue weighted by Crippen LogP contribution is -2.13. The topological polar surface area (TPSA) is 107 Å². The van der Waals surface area contributed by atoms with Crippen molar-refractivity contribution in [1.29, 1.82) is 0 Å². The fourth-order valence-electron chi connectivity index (χ4n) is 1.65. The van der Waals surface area contributed by atoms with E-state index in [2.05, 4.69) is 15.9 Å². The number of nitrogens with two attached hydrogens (primary N) is 1. The summed E-state index contributed by atoms with van der Waals surface area (Å²) in [6, 6.07) is 10.1. The molecule has 6 nitrogen and oxygen atoms in total. The highest BCUT2D eigenvalue weighted by Gasteiger charge is 2.18. The van der Waals surface area contributed by atoms with Crippen LogP contribution in [0.5, 0.6) is 11.5 Å². The summed E-state index contributed by atoms with van der Waals surface area (Å²) in [6.07, 6.45) is 0. The van der Waals surface area contributed by atoms with Gasteiger partial charge in [0.25, 0.3) is 0 Å². The fourth-order valence-corrected chi connectivity index (χ4v) is 2.67. The van der Waals surface area contributed by atoms with Gasteiger partial charge in [0.15, 0.2) is 0 Å². The molecule has 0 saturated carbocycles. The molecule has 0 unspecified atom stereocenters. The van der Waals surface area contributed by atoms with Crippen LogP contribution in [0.4, 0.5) is 0 Å². The lowest BCUT2D eigenvalue weighted by Gasteiger charge is -2.11. The minimum atomic E-state index is -3.98. The van der Waals surface area contributed by atoms with E-state index in [0.29, 0.717) is 4.47 Å². The van der Waals surface area contributed by atoms with Gasteiger partial charge in [-0.2, -0.15) is 0 Å². The summed E-state index contributed by atoms with van der Waals surface area (Å²) in [5.41, 5.74) is -0.103. The van der Waals surface area contributed by atoms with E-state index in [-0.39, 0.29) is 22.0 Å². The summed E-state index contributed by atoms with van der Waals surface area (Å²) >= 11 is 3.16. The molecule has 0 bridgehead atoms. The predicted molar refractivity (Wildman–Crippen MR) is 79.0 cm³/mol. The van der Waals surface area contributed by atoms with Gasteiger partial charge in [0.1, 0.15) is 22.0 Å². The molecule has 0 fully saturated rings. The Bertz CT molecular complexity index is 804. The summed E-state index contributed by atoms with van der Waals surface area (Å²) in [5, 5.41) is 14.3. The van der Waals surface area contributed by atoms with Gasteiger partial charge in [-0.15, -0.1) is 0 Å². The lowest BCUT2D eigenvalue weighted by molar-refractivity contribution is 0.0694. The lowest BCUT2D eigenvalue weighted by atomic mass is 10.2. The molecular formula is C13H10BrNO5S. The van der Waals surface area contributed by atoms with Crippen molar-refractivity contribution in [3.8, 4) is 11.5 Å². The third-order valence-corrected chi connectivity index (χ3v) is 3.99. The third kappa shape index (κ3) is 3.60. The monoisotopic (exact) mass is 371 g/mol. The minimum absolute atomic E-state index is 0.0156. The smallest absolute Gasteiger partial charge is 0.339 e. The SMILES string of the molecule is NS(=O)(=O)c1ccccc1Oc1ccc(Br)cc1C(=O)O. The van der Waals surface area contributed by atoms with E-state index in [1.54, 1.807) is 12.1 Å². The van der Waals surface area contributed by atoms with Crippen molar-refractivity contribution in [2.75, 3.05) is 0 Å². The van der Waals surface area contributed by atoms with Crippen LogP contribution in [0.2, 0.25) is 0 Å². The zero-order valence-electron chi connectivity index (χ0n) is 10.5. The number of halogens is 1. The molecule has 2 rings (SSSR count). The number of carbonyl (C=O) groups is 1. The van der Waals surface area contributed by atoms with Gasteiger partial charge in [-0.3, -0.25) is 0 Å². The van der Waals surface area contributed by atoms with E-state index in [1.807, 2.05) is 0 Å². The van der Waals surface area contributed by atoms with Crippen molar-refractivity contribution in [2.45, 2.75) is 4.90 Å². The van der Waals surface area contributed by atoms with Gasteiger partial charge in [-0.25, -0.2) is 18.4 Å². The van der Waals surface area contributed by atoms with Gasteiger partial charge in [0.05, 0.1) is 0 Å². The molecule has 0 spiro atoms. The van der Waals surface area contributed by atoms with E-state index in [4.69, 9.17) is 15.0 Å². The molecule has 0 aromatic heterocycles. The molecule has 2 aromatic rings. The van der Waals surface area contributed by atoms with Crippen LogP contribution in [0.25, 0.3) is 0 Å². The molecule has 110 valence electrons. The van der Waals surface area contributed by atoms with Crippen molar-refractivity contribution in [2.24, 2.45) is 5.14 Å². The van der Waals surface area contributed by atoms with Crippen LogP contribution in [0.1, 0.15) is 10.4 Å². The quantitative estimate of drug-likeness (QED) is 0.858. The van der Waals surface area contributed by atoms with E-state index < -0.39 is 16.0 Å². The molecule has 2 aromatic carbocycles. The van der Waals surface area contributed by atoms with Crippen LogP contribution in [0, 0.1) is 0 Å². The van der Waals surface area contributed by atoms with Crippen molar-refractivity contribution in [3.05, 3.63) is 52.5 Å². The third-order valence-electron chi connectivity index (χ3n) is 2.55. The number of sulfonamides is 1. The Morgan fingerprint density at radius 1 is 1.14 bits per heavy atom. The number of ether oxygens (including phenoxy) is 1. The molecule has 0 aliphatic rings. The largest absolute Gasteiger partial charge is 0.478 e. The number of para-hydroxylation sites is 1. The highest BCUT2D eigenvalue weighted by Crippen LogP contribution is 2.31. The first-order valence-electron chi connectivity index (χ1n) is 5.61. The van der Waals surface area contributed by atoms with Crippen LogP contribution < -0.4 is 9.88 Å². The van der Waals surface area contributed by atoms with Crippen molar-refractivity contribution >= 4 is 31.9 Å². The Hall–Kier alpha value is -1.90. The van der Waals surface area contributed by atoms with Crippen LogP contribution >= 0.6 is 15.9 Å². The summed E-state index contributed by atoms with van der Waals surface area (Å²) in [7, 11) is -3.98. The Balaban J connectivity index is 2.52. The van der Waals surface area contributed by atoms with Gasteiger partial charge in [-0.05, 0) is 30.3 Å². The Kier molecular flexibility index (Phi) is 4.31. The molecule has 0 radical (unpaired) electrons. The molecule has 0 amide bonds. The predicted octanol–water partition coefficient (Wildman–Crippen LogP) is 2.59. The number of benzene rings is 2. The first-order valence-corrected chi connectivity index (χ1v) is 7.95. The maximum atomic E-state index is 11.5. The Labute approximate surface area is 129 Å². The second kappa shape index (κ2) is 5.84. The second-order valence-corrected chi connectivity index (χ2v) is 6.48. The van der Waals surface area contributed by atoms with Crippen molar-refractivity contribution in [3.63, 3.8) is 0 Å². The molecule has 0 heterocycles. The van der Waals surface area contributed by atoms with E-state index >= 15 is 0 Å². The molecule has 8 heteroatoms. The summed E-state index contributed by atoms with van der Waals surface area (Å²) in [5.74, 6) is -1.22. The van der Waals surface area contributed by atoms with Crippen LogP contribution in [-0.4, -0.2) is 19.5 Å². The molecule has 21 heavy (non-hydrogen) atoms. The number of hydrogen-bond acceptors (Lipinski definition) is 4. The van der Waals surface area contributed by atoms with Crippen LogP contribution in [-0.2, 0) is 10.0 Å². The summed E-state index contributed by atoms with van der Waals surface area (Å²) in [4.78, 5) is 11.0. The number of primary sulfonamides is 1. The number of carboxylic acids is 1. The molecule has 0 aliphatic heterocycles. The average molecular weight is 372 g/mol. The maximum Gasteiger partial charge on any atom is 0.339 e. The number of rotatable bonds is 4. The zero-order valence-corrected chi connectivity index (χ0v) is 12.9. The molecule has 0 saturated heterocycles. The normalized spacial score (nSPS) is 11.1. The van der Waals surface area contributed by atoms with Gasteiger partial charge >= 0.3 is 5.97 Å². The van der Waals surface area contributed by atoms with Gasteiger partial charge < -0.3 is 9.84 Å². The summed E-state index contributed by atoms with van der Waals surface area (Å²) in [6.45, 7) is 0. The number of carboxylic acid groups (broad SMARTS) is 1. The minimum Gasteiger partial charge on any atom is -0.478 e. The van der Waals surface area contributed by atoms with E-state index in [1.165, 1.54) is 30.3 Å². The second-order valence-electron chi connectivity index (χ2n) is 4.04. The van der Waals surface area contributed by atoms with Crippen LogP contribution in [0.3, 0.4) is 0 Å². The van der Waals surface area contributed by atoms with Gasteiger partial charge in [0, 0.05) is 4.47 Å². The standard InChI is InChI=1S/C13H10BrNO5S/c14-8-5-6-10(9(7-8)13(16)17)20-11-3-1-2-4-12(11)21(15,18)19/h1-7H,(H,16,17)(H2,15,18,19).